The molecule has 1 aliphatic heterocycles. The smallest absolute Gasteiger partial charge is 0.203 e. The van der Waals surface area contributed by atoms with Crippen molar-refractivity contribution in [3.8, 4) is 5.75 Å². The molecule has 0 saturated carbocycles. The van der Waals surface area contributed by atoms with Gasteiger partial charge < -0.3 is 4.74 Å². The van der Waals surface area contributed by atoms with Crippen molar-refractivity contribution < 1.29 is 13.9 Å². The Bertz CT molecular complexity index is 868. The molecule has 3 aromatic rings. The second-order valence-electron chi connectivity index (χ2n) is 5.45. The van der Waals surface area contributed by atoms with Gasteiger partial charge in [0.2, 0.25) is 5.78 Å². The van der Waals surface area contributed by atoms with E-state index in [9.17, 15) is 9.18 Å². The molecule has 0 fully saturated rings. The minimum absolute atomic E-state index is 0.111. The van der Waals surface area contributed by atoms with Crippen LogP contribution in [0.3, 0.4) is 0 Å². The predicted molar refractivity (Wildman–Crippen MR) is 82.8 cm³/mol. The van der Waals surface area contributed by atoms with E-state index in [0.717, 1.165) is 22.1 Å². The first-order valence-corrected chi connectivity index (χ1v) is 7.19. The van der Waals surface area contributed by atoms with Crippen molar-refractivity contribution >= 4 is 16.6 Å². The van der Waals surface area contributed by atoms with Crippen LogP contribution in [0, 0.1) is 5.82 Å². The molecule has 3 aromatic carbocycles. The van der Waals surface area contributed by atoms with Crippen LogP contribution in [0.2, 0.25) is 0 Å². The molecule has 1 aliphatic rings. The fourth-order valence-corrected chi connectivity index (χ4v) is 2.96. The third-order valence-corrected chi connectivity index (χ3v) is 4.08. The summed E-state index contributed by atoms with van der Waals surface area (Å²) in [6.45, 7) is 0. The number of fused-ring (bicyclic) bond motifs is 3. The molecule has 1 heterocycles. The second kappa shape index (κ2) is 4.95. The highest BCUT2D eigenvalue weighted by Gasteiger charge is 2.30. The Balaban J connectivity index is 1.68. The highest BCUT2D eigenvalue weighted by atomic mass is 19.1. The zero-order valence-corrected chi connectivity index (χ0v) is 11.8. The first-order chi connectivity index (χ1) is 10.7. The molecule has 3 heteroatoms. The van der Waals surface area contributed by atoms with Crippen molar-refractivity contribution in [1.29, 1.82) is 0 Å². The fraction of sp³-hybridized carbons (Fsp3) is 0.105. The van der Waals surface area contributed by atoms with Crippen LogP contribution < -0.4 is 4.74 Å². The van der Waals surface area contributed by atoms with Crippen molar-refractivity contribution in [2.24, 2.45) is 0 Å². The van der Waals surface area contributed by atoms with Gasteiger partial charge in [0.25, 0.3) is 0 Å². The van der Waals surface area contributed by atoms with Crippen LogP contribution in [0.15, 0.2) is 60.7 Å². The molecular weight excluding hydrogens is 279 g/mol. The van der Waals surface area contributed by atoms with E-state index in [1.807, 2.05) is 36.4 Å². The third kappa shape index (κ3) is 2.06. The lowest BCUT2D eigenvalue weighted by atomic mass is 9.98. The summed E-state index contributed by atoms with van der Waals surface area (Å²) in [7, 11) is 0. The Kier molecular flexibility index (Phi) is 2.93. The maximum atomic E-state index is 13.0. The minimum Gasteiger partial charge on any atom is -0.482 e. The van der Waals surface area contributed by atoms with Crippen molar-refractivity contribution in [2.45, 2.75) is 12.5 Å². The number of carbonyl (C=O) groups is 1. The van der Waals surface area contributed by atoms with Gasteiger partial charge in [0.1, 0.15) is 11.6 Å². The van der Waals surface area contributed by atoms with E-state index in [0.29, 0.717) is 12.0 Å². The predicted octanol–water partition coefficient (Wildman–Crippen LogP) is 4.17. The number of hydrogen-bond donors (Lipinski definition) is 0. The van der Waals surface area contributed by atoms with Gasteiger partial charge in [-0.25, -0.2) is 4.39 Å². The molecule has 1 atom stereocenters. The fourth-order valence-electron chi connectivity index (χ4n) is 2.96. The standard InChI is InChI=1S/C19H13FO2/c20-14-8-5-13(6-9-14)19(21)18-11-16-15-4-2-1-3-12(15)7-10-17(16)22-18/h1-10,18H,11H2/t18-/m0/s1. The first-order valence-electron chi connectivity index (χ1n) is 7.19. The van der Waals surface area contributed by atoms with E-state index in [-0.39, 0.29) is 11.6 Å². The molecular formula is C19H13FO2. The van der Waals surface area contributed by atoms with Crippen molar-refractivity contribution in [1.82, 2.24) is 0 Å². The van der Waals surface area contributed by atoms with Crippen LogP contribution in [0.1, 0.15) is 15.9 Å². The Morgan fingerprint density at radius 2 is 1.77 bits per heavy atom. The molecule has 0 N–H and O–H groups in total. The molecule has 0 amide bonds. The Labute approximate surface area is 127 Å². The topological polar surface area (TPSA) is 26.3 Å². The summed E-state index contributed by atoms with van der Waals surface area (Å²) in [6, 6.07) is 17.6. The summed E-state index contributed by atoms with van der Waals surface area (Å²) in [5, 5.41) is 2.26. The summed E-state index contributed by atoms with van der Waals surface area (Å²) in [5.74, 6) is 0.303. The summed E-state index contributed by atoms with van der Waals surface area (Å²) >= 11 is 0. The normalized spacial score (nSPS) is 16.3. The van der Waals surface area contributed by atoms with Crippen LogP contribution >= 0.6 is 0 Å². The van der Waals surface area contributed by atoms with Gasteiger partial charge in [-0.1, -0.05) is 30.3 Å². The molecule has 0 aliphatic carbocycles. The average Bonchev–Trinajstić information content (AvgIpc) is 2.99. The van der Waals surface area contributed by atoms with Crippen molar-refractivity contribution in [3.05, 3.63) is 77.6 Å². The molecule has 0 radical (unpaired) electrons. The third-order valence-electron chi connectivity index (χ3n) is 4.08. The SMILES string of the molecule is O=C(c1ccc(F)cc1)[C@@H]1Cc2c(ccc3ccccc23)O1. The van der Waals surface area contributed by atoms with Crippen LogP contribution in [0.4, 0.5) is 4.39 Å². The number of carbonyl (C=O) groups excluding carboxylic acids is 1. The maximum Gasteiger partial charge on any atom is 0.203 e. The molecule has 0 saturated heterocycles. The number of Topliss-reactive ketones (excluding diaryl/α,β-unsaturated/α-hetero) is 1. The Morgan fingerprint density at radius 1 is 1.00 bits per heavy atom. The highest BCUT2D eigenvalue weighted by Crippen LogP contribution is 2.35. The molecule has 2 nitrogen and oxygen atoms in total. The summed E-state index contributed by atoms with van der Waals surface area (Å²) in [6.07, 6.45) is 0.0126. The number of halogens is 1. The minimum atomic E-state index is -0.536. The number of ether oxygens (including phenoxy) is 1. The monoisotopic (exact) mass is 292 g/mol. The van der Waals surface area contributed by atoms with Crippen LogP contribution in [0.25, 0.3) is 10.8 Å². The van der Waals surface area contributed by atoms with Crippen LogP contribution in [-0.4, -0.2) is 11.9 Å². The molecule has 0 unspecified atom stereocenters. The number of hydrogen-bond acceptors (Lipinski definition) is 2. The molecule has 22 heavy (non-hydrogen) atoms. The van der Waals surface area contributed by atoms with E-state index >= 15 is 0 Å². The zero-order chi connectivity index (χ0) is 15.1. The number of benzene rings is 3. The zero-order valence-electron chi connectivity index (χ0n) is 11.8. The highest BCUT2D eigenvalue weighted by molar-refractivity contribution is 6.01. The van der Waals surface area contributed by atoms with Gasteiger partial charge in [0, 0.05) is 17.5 Å². The van der Waals surface area contributed by atoms with Gasteiger partial charge in [0.05, 0.1) is 0 Å². The van der Waals surface area contributed by atoms with E-state index in [4.69, 9.17) is 4.74 Å². The summed E-state index contributed by atoms with van der Waals surface area (Å²) < 4.78 is 18.8. The molecule has 0 spiro atoms. The molecule has 0 bridgehead atoms. The maximum absolute atomic E-state index is 13.0. The van der Waals surface area contributed by atoms with Gasteiger partial charge in [-0.3, -0.25) is 4.79 Å². The lowest BCUT2D eigenvalue weighted by molar-refractivity contribution is 0.0825. The van der Waals surface area contributed by atoms with Gasteiger partial charge in [-0.15, -0.1) is 0 Å². The van der Waals surface area contributed by atoms with Crippen molar-refractivity contribution in [3.63, 3.8) is 0 Å². The van der Waals surface area contributed by atoms with Crippen LogP contribution in [0.5, 0.6) is 5.75 Å². The van der Waals surface area contributed by atoms with Gasteiger partial charge in [-0.05, 0) is 41.1 Å². The van der Waals surface area contributed by atoms with E-state index in [1.54, 1.807) is 0 Å². The molecule has 4 rings (SSSR count). The Hall–Kier alpha value is -2.68. The van der Waals surface area contributed by atoms with E-state index < -0.39 is 6.10 Å². The van der Waals surface area contributed by atoms with E-state index in [2.05, 4.69) is 0 Å². The van der Waals surface area contributed by atoms with Gasteiger partial charge in [-0.2, -0.15) is 0 Å². The van der Waals surface area contributed by atoms with Crippen LogP contribution in [-0.2, 0) is 6.42 Å². The summed E-state index contributed by atoms with van der Waals surface area (Å²) in [4.78, 5) is 12.5. The van der Waals surface area contributed by atoms with E-state index in [1.165, 1.54) is 24.3 Å². The largest absolute Gasteiger partial charge is 0.482 e. The molecule has 108 valence electrons. The van der Waals surface area contributed by atoms with Crippen molar-refractivity contribution in [2.75, 3.05) is 0 Å². The first kappa shape index (κ1) is 13.0. The Morgan fingerprint density at radius 3 is 2.59 bits per heavy atom. The second-order valence-corrected chi connectivity index (χ2v) is 5.45. The summed E-state index contributed by atoms with van der Waals surface area (Å²) in [5.41, 5.74) is 1.54. The van der Waals surface area contributed by atoms with Gasteiger partial charge >= 0.3 is 0 Å². The lowest BCUT2D eigenvalue weighted by Crippen LogP contribution is -2.25. The lowest BCUT2D eigenvalue weighted by Gasteiger charge is -2.09. The van der Waals surface area contributed by atoms with Gasteiger partial charge in [0.15, 0.2) is 6.10 Å². The average molecular weight is 292 g/mol. The molecule has 0 aromatic heterocycles. The number of rotatable bonds is 2. The quantitative estimate of drug-likeness (QED) is 0.663. The number of ketones is 1.